The fraction of sp³-hybridized carbons (Fsp3) is 0.333. The van der Waals surface area contributed by atoms with Crippen molar-refractivity contribution >= 4 is 11.4 Å². The molecular formula is C18H18N6. The summed E-state index contributed by atoms with van der Waals surface area (Å²) in [5, 5.41) is 25.2. The molecule has 24 heavy (non-hydrogen) atoms. The summed E-state index contributed by atoms with van der Waals surface area (Å²) in [6.45, 7) is 0. The molecule has 0 spiro atoms. The number of nitrogens with zero attached hydrogens (tertiary/aromatic N) is 4. The second kappa shape index (κ2) is 7.43. The van der Waals surface area contributed by atoms with Crippen molar-refractivity contribution < 1.29 is 0 Å². The van der Waals surface area contributed by atoms with Gasteiger partial charge in [-0.15, -0.1) is 0 Å². The molecule has 6 nitrogen and oxygen atoms in total. The number of nitrogens with one attached hydrogen (secondary N) is 2. The maximum Gasteiger partial charge on any atom is 0.103 e. The van der Waals surface area contributed by atoms with Gasteiger partial charge in [-0.2, -0.15) is 10.5 Å². The first-order chi connectivity index (χ1) is 11.8. The van der Waals surface area contributed by atoms with Crippen molar-refractivity contribution in [2.45, 2.75) is 37.8 Å². The van der Waals surface area contributed by atoms with Gasteiger partial charge in [0.15, 0.2) is 0 Å². The maximum atomic E-state index is 9.13. The number of pyridine rings is 2. The van der Waals surface area contributed by atoms with Gasteiger partial charge in [-0.3, -0.25) is 9.97 Å². The first-order valence-corrected chi connectivity index (χ1v) is 8.01. The monoisotopic (exact) mass is 318 g/mol. The number of aromatic nitrogens is 2. The normalized spacial score (nSPS) is 19.8. The quantitative estimate of drug-likeness (QED) is 0.899. The molecule has 120 valence electrons. The summed E-state index contributed by atoms with van der Waals surface area (Å²) in [7, 11) is 0. The highest BCUT2D eigenvalue weighted by molar-refractivity contribution is 5.57. The second-order valence-corrected chi connectivity index (χ2v) is 5.90. The highest BCUT2D eigenvalue weighted by Gasteiger charge is 2.22. The molecule has 0 radical (unpaired) electrons. The van der Waals surface area contributed by atoms with Gasteiger partial charge in [0.25, 0.3) is 0 Å². The molecule has 2 N–H and O–H groups in total. The molecule has 1 aliphatic rings. The van der Waals surface area contributed by atoms with Crippen LogP contribution in [0.25, 0.3) is 0 Å². The van der Waals surface area contributed by atoms with Gasteiger partial charge in [0.05, 0.1) is 22.5 Å². The lowest BCUT2D eigenvalue weighted by Gasteiger charge is -2.31. The molecule has 6 heteroatoms. The average Bonchev–Trinajstić information content (AvgIpc) is 2.64. The summed E-state index contributed by atoms with van der Waals surface area (Å²) >= 11 is 0. The van der Waals surface area contributed by atoms with Crippen molar-refractivity contribution in [3.05, 3.63) is 48.0 Å². The van der Waals surface area contributed by atoms with Crippen LogP contribution in [0.15, 0.2) is 36.9 Å². The molecule has 0 aromatic carbocycles. The summed E-state index contributed by atoms with van der Waals surface area (Å²) in [4.78, 5) is 7.96. The predicted octanol–water partition coefficient (Wildman–Crippen LogP) is 3.06. The minimum Gasteiger partial charge on any atom is -0.381 e. The zero-order chi connectivity index (χ0) is 16.8. The molecule has 0 amide bonds. The summed E-state index contributed by atoms with van der Waals surface area (Å²) in [5.74, 6) is 0. The molecule has 2 aromatic rings. The molecule has 0 unspecified atom stereocenters. The van der Waals surface area contributed by atoms with Gasteiger partial charge < -0.3 is 10.6 Å². The smallest absolute Gasteiger partial charge is 0.103 e. The molecule has 2 heterocycles. The summed E-state index contributed by atoms with van der Waals surface area (Å²) < 4.78 is 0. The molecule has 2 aromatic heterocycles. The molecular weight excluding hydrogens is 300 g/mol. The van der Waals surface area contributed by atoms with E-state index < -0.39 is 0 Å². The standard InChI is InChI=1S/C18H18N6/c19-9-13-11-21-7-5-17(13)23-15-1-2-16(4-3-15)24-18-6-8-22-12-14(18)10-20/h5-8,11-12,15-16H,1-4H2,(H,21,23)(H,22,24). The van der Waals surface area contributed by atoms with Crippen LogP contribution in [0, 0.1) is 22.7 Å². The molecule has 0 saturated heterocycles. The van der Waals surface area contributed by atoms with Crippen LogP contribution in [0.3, 0.4) is 0 Å². The largest absolute Gasteiger partial charge is 0.381 e. The third-order valence-electron chi connectivity index (χ3n) is 4.33. The van der Waals surface area contributed by atoms with Crippen LogP contribution < -0.4 is 10.6 Å². The maximum absolute atomic E-state index is 9.13. The van der Waals surface area contributed by atoms with Crippen LogP contribution in [0.2, 0.25) is 0 Å². The lowest BCUT2D eigenvalue weighted by molar-refractivity contribution is 0.429. The van der Waals surface area contributed by atoms with Crippen LogP contribution >= 0.6 is 0 Å². The zero-order valence-electron chi connectivity index (χ0n) is 13.2. The van der Waals surface area contributed by atoms with Gasteiger partial charge in [0, 0.05) is 36.9 Å². The average molecular weight is 318 g/mol. The topological polar surface area (TPSA) is 97.4 Å². The molecule has 1 saturated carbocycles. The third kappa shape index (κ3) is 3.61. The van der Waals surface area contributed by atoms with Gasteiger partial charge in [-0.05, 0) is 37.8 Å². The lowest BCUT2D eigenvalue weighted by atomic mass is 9.90. The Balaban J connectivity index is 1.56. The first-order valence-electron chi connectivity index (χ1n) is 8.01. The van der Waals surface area contributed by atoms with E-state index in [1.807, 2.05) is 12.1 Å². The molecule has 0 aliphatic heterocycles. The highest BCUT2D eigenvalue weighted by atomic mass is 15.0. The van der Waals surface area contributed by atoms with Crippen molar-refractivity contribution in [2.24, 2.45) is 0 Å². The second-order valence-electron chi connectivity index (χ2n) is 5.90. The van der Waals surface area contributed by atoms with E-state index in [0.717, 1.165) is 37.1 Å². The Bertz CT molecular complexity index is 713. The van der Waals surface area contributed by atoms with Crippen LogP contribution in [0.5, 0.6) is 0 Å². The van der Waals surface area contributed by atoms with Crippen LogP contribution in [0.4, 0.5) is 11.4 Å². The van der Waals surface area contributed by atoms with E-state index in [1.54, 1.807) is 24.8 Å². The number of hydrogen-bond acceptors (Lipinski definition) is 6. The first kappa shape index (κ1) is 15.8. The number of nitriles is 2. The van der Waals surface area contributed by atoms with Crippen molar-refractivity contribution in [1.29, 1.82) is 10.5 Å². The Morgan fingerprint density at radius 3 is 1.58 bits per heavy atom. The van der Waals surface area contributed by atoms with E-state index in [0.29, 0.717) is 23.2 Å². The minimum absolute atomic E-state index is 0.352. The van der Waals surface area contributed by atoms with E-state index in [4.69, 9.17) is 10.5 Å². The lowest BCUT2D eigenvalue weighted by Crippen LogP contribution is -2.32. The molecule has 1 fully saturated rings. The van der Waals surface area contributed by atoms with Crippen LogP contribution in [-0.2, 0) is 0 Å². The Labute approximate surface area is 141 Å². The Kier molecular flexibility index (Phi) is 4.88. The summed E-state index contributed by atoms with van der Waals surface area (Å²) in [5.41, 5.74) is 2.86. The third-order valence-corrected chi connectivity index (χ3v) is 4.33. The van der Waals surface area contributed by atoms with Gasteiger partial charge in [0.2, 0.25) is 0 Å². The van der Waals surface area contributed by atoms with Crippen molar-refractivity contribution in [3.8, 4) is 12.1 Å². The number of anilines is 2. The molecule has 1 aliphatic carbocycles. The predicted molar refractivity (Wildman–Crippen MR) is 91.2 cm³/mol. The Morgan fingerprint density at radius 1 is 0.792 bits per heavy atom. The van der Waals surface area contributed by atoms with Gasteiger partial charge >= 0.3 is 0 Å². The van der Waals surface area contributed by atoms with Crippen molar-refractivity contribution in [3.63, 3.8) is 0 Å². The van der Waals surface area contributed by atoms with Gasteiger partial charge in [-0.25, -0.2) is 0 Å². The molecule has 3 rings (SSSR count). The van der Waals surface area contributed by atoms with Crippen LogP contribution in [0.1, 0.15) is 36.8 Å². The fourth-order valence-electron chi connectivity index (χ4n) is 3.04. The van der Waals surface area contributed by atoms with Crippen LogP contribution in [-0.4, -0.2) is 22.1 Å². The van der Waals surface area contributed by atoms with Crippen molar-refractivity contribution in [1.82, 2.24) is 9.97 Å². The minimum atomic E-state index is 0.352. The highest BCUT2D eigenvalue weighted by Crippen LogP contribution is 2.26. The zero-order valence-corrected chi connectivity index (χ0v) is 13.2. The van der Waals surface area contributed by atoms with E-state index in [9.17, 15) is 0 Å². The number of rotatable bonds is 4. The SMILES string of the molecule is N#Cc1cnccc1NC1CCC(Nc2ccncc2C#N)CC1. The van der Waals surface area contributed by atoms with Crippen molar-refractivity contribution in [2.75, 3.05) is 10.6 Å². The summed E-state index contributed by atoms with van der Waals surface area (Å²) in [6, 6.07) is 8.73. The fourth-order valence-corrected chi connectivity index (χ4v) is 3.04. The molecule has 0 atom stereocenters. The number of hydrogen-bond donors (Lipinski definition) is 2. The summed E-state index contributed by atoms with van der Waals surface area (Å²) in [6.07, 6.45) is 10.6. The molecule has 0 bridgehead atoms. The van der Waals surface area contributed by atoms with Gasteiger partial charge in [0.1, 0.15) is 12.1 Å². The van der Waals surface area contributed by atoms with E-state index in [-0.39, 0.29) is 0 Å². The van der Waals surface area contributed by atoms with Gasteiger partial charge in [-0.1, -0.05) is 0 Å². The van der Waals surface area contributed by atoms with E-state index >= 15 is 0 Å². The Hall–Kier alpha value is -3.12. The van der Waals surface area contributed by atoms with E-state index in [2.05, 4.69) is 32.7 Å². The Morgan fingerprint density at radius 2 is 1.21 bits per heavy atom. The van der Waals surface area contributed by atoms with E-state index in [1.165, 1.54) is 0 Å².